The van der Waals surface area contributed by atoms with E-state index in [1.807, 2.05) is 43.3 Å². The molecule has 1 amide bonds. The summed E-state index contributed by atoms with van der Waals surface area (Å²) in [7, 11) is 0. The molecule has 2 N–H and O–H groups in total. The van der Waals surface area contributed by atoms with Crippen molar-refractivity contribution < 1.29 is 4.79 Å². The first-order valence-corrected chi connectivity index (χ1v) is 10.2. The maximum absolute atomic E-state index is 12.3. The van der Waals surface area contributed by atoms with Gasteiger partial charge in [0.15, 0.2) is 0 Å². The molecule has 28 heavy (non-hydrogen) atoms. The van der Waals surface area contributed by atoms with E-state index in [1.54, 1.807) is 0 Å². The van der Waals surface area contributed by atoms with Crippen LogP contribution in [0.5, 0.6) is 0 Å². The van der Waals surface area contributed by atoms with E-state index < -0.39 is 0 Å². The van der Waals surface area contributed by atoms with E-state index in [1.165, 1.54) is 0 Å². The Labute approximate surface area is 171 Å². The highest BCUT2D eigenvalue weighted by Gasteiger charge is 2.10. The molecule has 0 saturated carbocycles. The van der Waals surface area contributed by atoms with Crippen LogP contribution in [0.15, 0.2) is 36.4 Å². The van der Waals surface area contributed by atoms with E-state index in [0.29, 0.717) is 17.1 Å². The third-order valence-corrected chi connectivity index (χ3v) is 5.42. The summed E-state index contributed by atoms with van der Waals surface area (Å²) in [5, 5.41) is 3.70. The maximum Gasteiger partial charge on any atom is 0.251 e. The molecule has 0 spiro atoms. The molecule has 2 aromatic carbocycles. The molecular weight excluding hydrogens is 372 g/mol. The van der Waals surface area contributed by atoms with Crippen LogP contribution in [-0.4, -0.2) is 47.0 Å². The first-order valence-electron chi connectivity index (χ1n) is 9.78. The molecule has 0 aliphatic rings. The van der Waals surface area contributed by atoms with Crippen molar-refractivity contribution in [3.05, 3.63) is 52.5 Å². The van der Waals surface area contributed by atoms with Gasteiger partial charge in [0.1, 0.15) is 5.82 Å². The van der Waals surface area contributed by atoms with Gasteiger partial charge in [-0.2, -0.15) is 0 Å². The summed E-state index contributed by atoms with van der Waals surface area (Å²) in [6.45, 7) is 10.0. The molecule has 0 bridgehead atoms. The zero-order valence-corrected chi connectivity index (χ0v) is 17.4. The molecule has 0 aliphatic heterocycles. The fourth-order valence-corrected chi connectivity index (χ4v) is 3.36. The Hall–Kier alpha value is -2.37. The Balaban J connectivity index is 1.62. The Morgan fingerprint density at radius 1 is 1.18 bits per heavy atom. The lowest BCUT2D eigenvalue weighted by Gasteiger charge is -2.17. The Morgan fingerprint density at radius 2 is 1.89 bits per heavy atom. The van der Waals surface area contributed by atoms with E-state index in [9.17, 15) is 4.79 Å². The number of hydrogen-bond acceptors (Lipinski definition) is 3. The molecule has 0 atom stereocenters. The molecule has 1 heterocycles. The number of aromatic nitrogens is 2. The van der Waals surface area contributed by atoms with Crippen LogP contribution in [0, 0.1) is 6.92 Å². The largest absolute Gasteiger partial charge is 0.352 e. The minimum atomic E-state index is -0.0434. The third-order valence-electron chi connectivity index (χ3n) is 5.01. The van der Waals surface area contributed by atoms with Gasteiger partial charge in [-0.15, -0.1) is 0 Å². The van der Waals surface area contributed by atoms with Crippen molar-refractivity contribution in [2.75, 3.05) is 26.2 Å². The predicted octanol–water partition coefficient (Wildman–Crippen LogP) is 4.65. The van der Waals surface area contributed by atoms with Crippen LogP contribution in [0.25, 0.3) is 22.4 Å². The number of aromatic amines is 1. The van der Waals surface area contributed by atoms with E-state index in [4.69, 9.17) is 11.6 Å². The number of nitrogens with zero attached hydrogens (tertiary/aromatic N) is 2. The molecule has 0 saturated heterocycles. The standard InChI is InChI=1S/C22H27ClN4O/c1-4-27(5-2)12-6-11-24-22(28)17-9-7-16(8-10-17)21-25-19-13-15(3)18(23)14-20(19)26-21/h7-10,13-14H,4-6,11-12H2,1-3H3,(H,24,28)(H,25,26). The maximum atomic E-state index is 12.3. The van der Waals surface area contributed by atoms with Crippen LogP contribution in [-0.2, 0) is 0 Å². The van der Waals surface area contributed by atoms with Crippen molar-refractivity contribution in [1.82, 2.24) is 20.2 Å². The third kappa shape index (κ3) is 4.72. The molecule has 1 aromatic heterocycles. The van der Waals surface area contributed by atoms with Gasteiger partial charge in [0.25, 0.3) is 5.91 Å². The smallest absolute Gasteiger partial charge is 0.251 e. The topological polar surface area (TPSA) is 61.0 Å². The zero-order chi connectivity index (χ0) is 20.1. The Kier molecular flexibility index (Phi) is 6.70. The van der Waals surface area contributed by atoms with Gasteiger partial charge < -0.3 is 15.2 Å². The van der Waals surface area contributed by atoms with E-state index in [0.717, 1.165) is 54.0 Å². The molecule has 0 aliphatic carbocycles. The van der Waals surface area contributed by atoms with Crippen molar-refractivity contribution in [3.63, 3.8) is 0 Å². The number of rotatable bonds is 8. The van der Waals surface area contributed by atoms with Crippen molar-refractivity contribution in [1.29, 1.82) is 0 Å². The summed E-state index contributed by atoms with van der Waals surface area (Å²) < 4.78 is 0. The number of halogens is 1. The van der Waals surface area contributed by atoms with Crippen molar-refractivity contribution in [3.8, 4) is 11.4 Å². The molecule has 5 nitrogen and oxygen atoms in total. The number of hydrogen-bond donors (Lipinski definition) is 2. The number of fused-ring (bicyclic) bond motifs is 1. The van der Waals surface area contributed by atoms with Crippen molar-refractivity contribution >= 4 is 28.5 Å². The van der Waals surface area contributed by atoms with Crippen LogP contribution in [0.2, 0.25) is 5.02 Å². The SMILES string of the molecule is CCN(CC)CCCNC(=O)c1ccc(-c2nc3cc(Cl)c(C)cc3[nH]2)cc1. The summed E-state index contributed by atoms with van der Waals surface area (Å²) in [5.41, 5.74) is 4.38. The lowest BCUT2D eigenvalue weighted by molar-refractivity contribution is 0.0952. The second-order valence-corrected chi connectivity index (χ2v) is 7.32. The van der Waals surface area contributed by atoms with Crippen LogP contribution >= 0.6 is 11.6 Å². The fraction of sp³-hybridized carbons (Fsp3) is 0.364. The second-order valence-electron chi connectivity index (χ2n) is 6.92. The van der Waals surface area contributed by atoms with E-state index in [-0.39, 0.29) is 5.91 Å². The first kappa shape index (κ1) is 20.4. The molecular formula is C22H27ClN4O. The van der Waals surface area contributed by atoms with Gasteiger partial charge in [-0.05, 0) is 62.8 Å². The number of benzene rings is 2. The number of carbonyl (C=O) groups is 1. The molecule has 148 valence electrons. The van der Waals surface area contributed by atoms with Crippen LogP contribution in [0.3, 0.4) is 0 Å². The molecule has 3 aromatic rings. The highest BCUT2D eigenvalue weighted by molar-refractivity contribution is 6.32. The van der Waals surface area contributed by atoms with Crippen LogP contribution in [0.4, 0.5) is 0 Å². The zero-order valence-electron chi connectivity index (χ0n) is 16.7. The minimum Gasteiger partial charge on any atom is -0.352 e. The number of amides is 1. The van der Waals surface area contributed by atoms with Crippen molar-refractivity contribution in [2.45, 2.75) is 27.2 Å². The van der Waals surface area contributed by atoms with Gasteiger partial charge in [0, 0.05) is 22.7 Å². The first-order chi connectivity index (χ1) is 13.5. The highest BCUT2D eigenvalue weighted by Crippen LogP contribution is 2.25. The van der Waals surface area contributed by atoms with Gasteiger partial charge in [-0.1, -0.05) is 37.6 Å². The Morgan fingerprint density at radius 3 is 2.57 bits per heavy atom. The lowest BCUT2D eigenvalue weighted by Crippen LogP contribution is -2.29. The number of imidazole rings is 1. The highest BCUT2D eigenvalue weighted by atomic mass is 35.5. The predicted molar refractivity (Wildman–Crippen MR) is 116 cm³/mol. The summed E-state index contributed by atoms with van der Waals surface area (Å²) in [4.78, 5) is 22.6. The van der Waals surface area contributed by atoms with Crippen molar-refractivity contribution in [2.24, 2.45) is 0 Å². The summed E-state index contributed by atoms with van der Waals surface area (Å²) in [6.07, 6.45) is 0.951. The summed E-state index contributed by atoms with van der Waals surface area (Å²) in [5.74, 6) is 0.723. The molecule has 0 radical (unpaired) electrons. The normalized spacial score (nSPS) is 11.3. The number of carbonyl (C=O) groups excluding carboxylic acids is 1. The monoisotopic (exact) mass is 398 g/mol. The quantitative estimate of drug-likeness (QED) is 0.543. The number of H-pyrrole nitrogens is 1. The average Bonchev–Trinajstić information content (AvgIpc) is 3.11. The molecule has 3 rings (SSSR count). The van der Waals surface area contributed by atoms with Crippen LogP contribution < -0.4 is 5.32 Å². The summed E-state index contributed by atoms with van der Waals surface area (Å²) >= 11 is 6.18. The van der Waals surface area contributed by atoms with Gasteiger partial charge >= 0.3 is 0 Å². The molecule has 0 unspecified atom stereocenters. The molecule has 6 heteroatoms. The fourth-order valence-electron chi connectivity index (χ4n) is 3.20. The molecule has 0 fully saturated rings. The van der Waals surface area contributed by atoms with Gasteiger partial charge in [0.2, 0.25) is 0 Å². The van der Waals surface area contributed by atoms with Gasteiger partial charge in [0.05, 0.1) is 11.0 Å². The lowest BCUT2D eigenvalue weighted by atomic mass is 10.1. The van der Waals surface area contributed by atoms with E-state index in [2.05, 4.69) is 34.0 Å². The number of nitrogens with one attached hydrogen (secondary N) is 2. The number of aryl methyl sites for hydroxylation is 1. The average molecular weight is 399 g/mol. The van der Waals surface area contributed by atoms with Gasteiger partial charge in [-0.25, -0.2) is 4.98 Å². The van der Waals surface area contributed by atoms with Gasteiger partial charge in [-0.3, -0.25) is 4.79 Å². The van der Waals surface area contributed by atoms with Crippen LogP contribution in [0.1, 0.15) is 36.2 Å². The van der Waals surface area contributed by atoms with E-state index >= 15 is 0 Å². The Bertz CT molecular complexity index is 906. The second kappa shape index (κ2) is 9.22. The summed E-state index contributed by atoms with van der Waals surface area (Å²) in [6, 6.07) is 11.4. The minimum absolute atomic E-state index is 0.0434.